The summed E-state index contributed by atoms with van der Waals surface area (Å²) >= 11 is 0. The van der Waals surface area contributed by atoms with Crippen molar-refractivity contribution in [3.05, 3.63) is 12.8 Å². The van der Waals surface area contributed by atoms with Crippen molar-refractivity contribution in [1.82, 2.24) is 0 Å². The predicted octanol–water partition coefficient (Wildman–Crippen LogP) is -2.11. The normalized spacial score (nSPS) is 19.9. The van der Waals surface area contributed by atoms with Crippen molar-refractivity contribution in [2.45, 2.75) is 37.3 Å². The van der Waals surface area contributed by atoms with E-state index >= 15 is 0 Å². The highest BCUT2D eigenvalue weighted by molar-refractivity contribution is 5.80. The molecule has 5 N–H and O–H groups in total. The maximum Gasteiger partial charge on any atom is 0.345 e. The molecule has 0 aromatic heterocycles. The second kappa shape index (κ2) is 6.67. The van der Waals surface area contributed by atoms with E-state index in [1.54, 1.807) is 0 Å². The van der Waals surface area contributed by atoms with Crippen LogP contribution in [0.5, 0.6) is 0 Å². The van der Waals surface area contributed by atoms with Crippen molar-refractivity contribution in [1.29, 1.82) is 0 Å². The zero-order valence-electron chi connectivity index (χ0n) is 9.48. The summed E-state index contributed by atoms with van der Waals surface area (Å²) in [6.07, 6.45) is -5.05. The van der Waals surface area contributed by atoms with Gasteiger partial charge in [-0.05, 0) is 6.42 Å². The van der Waals surface area contributed by atoms with Crippen LogP contribution in [0.15, 0.2) is 12.8 Å². The van der Waals surface area contributed by atoms with E-state index < -0.39 is 36.5 Å². The summed E-state index contributed by atoms with van der Waals surface area (Å²) in [7, 11) is 0. The Bertz CT molecular complexity index is 267. The Hall–Kier alpha value is -0.990. The molecule has 0 saturated heterocycles. The first-order chi connectivity index (χ1) is 7.84. The van der Waals surface area contributed by atoms with Crippen LogP contribution in [-0.4, -0.2) is 62.0 Å². The monoisotopic (exact) mass is 250 g/mol. The first-order valence-electron chi connectivity index (χ1n) is 5.04. The molecular formula is C10H18O7. The van der Waals surface area contributed by atoms with Gasteiger partial charge in [0.05, 0.1) is 12.9 Å². The van der Waals surface area contributed by atoms with Crippen LogP contribution >= 0.6 is 0 Å². The van der Waals surface area contributed by atoms with E-state index in [2.05, 4.69) is 11.3 Å². The first-order valence-corrected chi connectivity index (χ1v) is 5.04. The molecular weight excluding hydrogens is 232 g/mol. The number of rotatable bonds is 7. The molecule has 7 heteroatoms. The van der Waals surface area contributed by atoms with E-state index in [0.717, 1.165) is 6.26 Å². The molecule has 17 heavy (non-hydrogen) atoms. The third-order valence-electron chi connectivity index (χ3n) is 2.48. The molecule has 0 aliphatic rings. The van der Waals surface area contributed by atoms with Gasteiger partial charge >= 0.3 is 5.97 Å². The molecule has 0 aromatic carbocycles. The fourth-order valence-corrected chi connectivity index (χ4v) is 1.25. The van der Waals surface area contributed by atoms with Gasteiger partial charge in [-0.1, -0.05) is 13.5 Å². The van der Waals surface area contributed by atoms with Crippen molar-refractivity contribution in [2.24, 2.45) is 0 Å². The number of hydrogen-bond donors (Lipinski definition) is 5. The number of ether oxygens (including phenoxy) is 1. The topological polar surface area (TPSA) is 127 Å². The molecule has 0 bridgehead atoms. The number of esters is 1. The summed E-state index contributed by atoms with van der Waals surface area (Å²) < 4.78 is 4.34. The standard InChI is InChI=1S/C10H18O7/c1-3-10(16,9(15)17-4-2)8(14)7(13)6(12)5-11/h4,6-8,11-14,16H,2-3,5H2,1H3. The molecule has 0 rings (SSSR count). The fourth-order valence-electron chi connectivity index (χ4n) is 1.25. The van der Waals surface area contributed by atoms with Gasteiger partial charge in [0.2, 0.25) is 0 Å². The van der Waals surface area contributed by atoms with Gasteiger partial charge in [0, 0.05) is 0 Å². The van der Waals surface area contributed by atoms with E-state index in [9.17, 15) is 20.1 Å². The Morgan fingerprint density at radius 1 is 1.47 bits per heavy atom. The average Bonchev–Trinajstić information content (AvgIpc) is 2.35. The van der Waals surface area contributed by atoms with Crippen LogP contribution in [-0.2, 0) is 9.53 Å². The first kappa shape index (κ1) is 16.0. The lowest BCUT2D eigenvalue weighted by molar-refractivity contribution is -0.192. The second-order valence-electron chi connectivity index (χ2n) is 3.54. The summed E-state index contributed by atoms with van der Waals surface area (Å²) in [5.41, 5.74) is -2.39. The van der Waals surface area contributed by atoms with Crippen LogP contribution in [0, 0.1) is 0 Å². The minimum atomic E-state index is -2.39. The lowest BCUT2D eigenvalue weighted by Gasteiger charge is -2.33. The third kappa shape index (κ3) is 3.48. The number of hydrogen-bond acceptors (Lipinski definition) is 7. The molecule has 0 spiro atoms. The Morgan fingerprint density at radius 3 is 2.35 bits per heavy atom. The second-order valence-corrected chi connectivity index (χ2v) is 3.54. The summed E-state index contributed by atoms with van der Waals surface area (Å²) in [5, 5.41) is 46.6. The maximum absolute atomic E-state index is 11.4. The van der Waals surface area contributed by atoms with Crippen molar-refractivity contribution in [3.63, 3.8) is 0 Å². The van der Waals surface area contributed by atoms with E-state index in [1.807, 2.05) is 0 Å². The molecule has 0 saturated carbocycles. The van der Waals surface area contributed by atoms with Gasteiger partial charge in [0.15, 0.2) is 5.60 Å². The minimum Gasteiger partial charge on any atom is -0.433 e. The van der Waals surface area contributed by atoms with E-state index in [0.29, 0.717) is 0 Å². The van der Waals surface area contributed by atoms with Gasteiger partial charge in [-0.2, -0.15) is 0 Å². The number of aliphatic hydroxyl groups is 5. The van der Waals surface area contributed by atoms with Crippen LogP contribution < -0.4 is 0 Å². The minimum absolute atomic E-state index is 0.254. The van der Waals surface area contributed by atoms with E-state index in [4.69, 9.17) is 10.2 Å². The van der Waals surface area contributed by atoms with Gasteiger partial charge in [-0.15, -0.1) is 0 Å². The third-order valence-corrected chi connectivity index (χ3v) is 2.48. The van der Waals surface area contributed by atoms with Gasteiger partial charge in [-0.3, -0.25) is 0 Å². The number of aliphatic hydroxyl groups excluding tert-OH is 4. The van der Waals surface area contributed by atoms with Crippen LogP contribution in [0.2, 0.25) is 0 Å². The molecule has 100 valence electrons. The molecule has 4 atom stereocenters. The van der Waals surface area contributed by atoms with Crippen LogP contribution in [0.1, 0.15) is 13.3 Å². The van der Waals surface area contributed by atoms with E-state index in [-0.39, 0.29) is 6.42 Å². The largest absolute Gasteiger partial charge is 0.433 e. The maximum atomic E-state index is 11.4. The van der Waals surface area contributed by atoms with Crippen molar-refractivity contribution in [3.8, 4) is 0 Å². The van der Waals surface area contributed by atoms with Crippen LogP contribution in [0.25, 0.3) is 0 Å². The molecule has 7 nitrogen and oxygen atoms in total. The molecule has 0 fully saturated rings. The summed E-state index contributed by atoms with van der Waals surface area (Å²) in [6.45, 7) is 3.67. The van der Waals surface area contributed by atoms with Gasteiger partial charge < -0.3 is 30.3 Å². The summed E-state index contributed by atoms with van der Waals surface area (Å²) in [6, 6.07) is 0. The quantitative estimate of drug-likeness (QED) is 0.258. The fraction of sp³-hybridized carbons (Fsp3) is 0.700. The lowest BCUT2D eigenvalue weighted by Crippen LogP contribution is -2.58. The highest BCUT2D eigenvalue weighted by Crippen LogP contribution is 2.22. The SMILES string of the molecule is C=COC(=O)C(O)(CC)C(O)C(O)C(O)CO. The Morgan fingerprint density at radius 2 is 2.00 bits per heavy atom. The molecule has 0 aromatic rings. The van der Waals surface area contributed by atoms with Gasteiger partial charge in [0.1, 0.15) is 18.3 Å². The molecule has 0 heterocycles. The zero-order chi connectivity index (χ0) is 13.6. The predicted molar refractivity (Wildman–Crippen MR) is 56.6 cm³/mol. The summed E-state index contributed by atoms with van der Waals surface area (Å²) in [5.74, 6) is -1.20. The molecule has 0 radical (unpaired) electrons. The molecule has 0 aliphatic carbocycles. The van der Waals surface area contributed by atoms with Crippen molar-refractivity contribution >= 4 is 5.97 Å². The van der Waals surface area contributed by atoms with Gasteiger partial charge in [-0.25, -0.2) is 4.79 Å². The van der Waals surface area contributed by atoms with Crippen LogP contribution in [0.4, 0.5) is 0 Å². The number of carbonyl (C=O) groups excluding carboxylic acids is 1. The Balaban J connectivity index is 4.96. The number of carbonyl (C=O) groups is 1. The zero-order valence-corrected chi connectivity index (χ0v) is 9.48. The van der Waals surface area contributed by atoms with Crippen molar-refractivity contribution < 1.29 is 35.1 Å². The lowest BCUT2D eigenvalue weighted by atomic mass is 9.88. The highest BCUT2D eigenvalue weighted by atomic mass is 16.5. The Labute approximate surface area is 98.6 Å². The Kier molecular flexibility index (Phi) is 6.29. The van der Waals surface area contributed by atoms with E-state index in [1.165, 1.54) is 6.92 Å². The molecule has 0 aliphatic heterocycles. The smallest absolute Gasteiger partial charge is 0.345 e. The highest BCUT2D eigenvalue weighted by Gasteiger charge is 2.48. The van der Waals surface area contributed by atoms with Crippen molar-refractivity contribution in [2.75, 3.05) is 6.61 Å². The van der Waals surface area contributed by atoms with Crippen LogP contribution in [0.3, 0.4) is 0 Å². The van der Waals surface area contributed by atoms with Gasteiger partial charge in [0.25, 0.3) is 0 Å². The average molecular weight is 250 g/mol. The summed E-state index contributed by atoms with van der Waals surface area (Å²) in [4.78, 5) is 11.4. The molecule has 0 amide bonds. The molecule has 4 unspecified atom stereocenters.